The lowest BCUT2D eigenvalue weighted by atomic mass is 10.2. The van der Waals surface area contributed by atoms with E-state index in [2.05, 4.69) is 34.7 Å². The summed E-state index contributed by atoms with van der Waals surface area (Å²) in [5, 5.41) is 12.7. The number of hydrogen-bond donors (Lipinski definition) is 2. The smallest absolute Gasteiger partial charge is 0.303 e. The predicted molar refractivity (Wildman–Crippen MR) is 131 cm³/mol. The Morgan fingerprint density at radius 1 is 1.22 bits per heavy atom. The first-order chi connectivity index (χ1) is 15.4. The normalized spacial score (nSPS) is 11.0. The molecule has 0 saturated carbocycles. The van der Waals surface area contributed by atoms with Crippen molar-refractivity contribution in [3.63, 3.8) is 0 Å². The number of halogens is 1. The molecule has 0 aliphatic carbocycles. The number of carboxylic acids is 1. The van der Waals surface area contributed by atoms with Gasteiger partial charge in [-0.15, -0.1) is 0 Å². The second kappa shape index (κ2) is 11.1. The van der Waals surface area contributed by atoms with Crippen molar-refractivity contribution in [2.24, 2.45) is 7.05 Å². The van der Waals surface area contributed by atoms with Gasteiger partial charge in [-0.3, -0.25) is 4.79 Å². The number of para-hydroxylation sites is 1. The summed E-state index contributed by atoms with van der Waals surface area (Å²) in [7, 11) is 2.00. The van der Waals surface area contributed by atoms with E-state index in [-0.39, 0.29) is 13.0 Å². The van der Waals surface area contributed by atoms with Gasteiger partial charge < -0.3 is 24.6 Å². The summed E-state index contributed by atoms with van der Waals surface area (Å²) in [5.74, 6) is 0.417. The number of fused-ring (bicyclic) bond motifs is 1. The van der Waals surface area contributed by atoms with Crippen molar-refractivity contribution < 1.29 is 14.6 Å². The topological polar surface area (TPSA) is 79.6 Å². The molecule has 2 N–H and O–H groups in total. The number of ether oxygens (including phenoxy) is 1. The Bertz CT molecular complexity index is 1060. The highest BCUT2D eigenvalue weighted by Gasteiger charge is 2.17. The van der Waals surface area contributed by atoms with Gasteiger partial charge in [0.1, 0.15) is 5.75 Å². The molecule has 8 heteroatoms. The first-order valence-corrected chi connectivity index (χ1v) is 11.4. The first kappa shape index (κ1) is 23.7. The lowest BCUT2D eigenvalue weighted by Gasteiger charge is -2.25. The number of rotatable bonds is 12. The van der Waals surface area contributed by atoms with Crippen LogP contribution in [0.2, 0.25) is 5.02 Å². The third-order valence-electron chi connectivity index (χ3n) is 5.18. The molecule has 0 aliphatic rings. The highest BCUT2D eigenvalue weighted by atomic mass is 35.5. The van der Waals surface area contributed by atoms with E-state index in [0.29, 0.717) is 23.1 Å². The van der Waals surface area contributed by atoms with Crippen LogP contribution < -0.4 is 15.0 Å². The predicted octanol–water partition coefficient (Wildman–Crippen LogP) is 5.84. The van der Waals surface area contributed by atoms with Gasteiger partial charge in [-0.25, -0.2) is 4.98 Å². The number of carboxylic acid groups (broad SMARTS) is 1. The monoisotopic (exact) mass is 458 g/mol. The van der Waals surface area contributed by atoms with Crippen molar-refractivity contribution in [1.82, 2.24) is 9.55 Å². The van der Waals surface area contributed by atoms with Crippen molar-refractivity contribution >= 4 is 45.9 Å². The van der Waals surface area contributed by atoms with Crippen LogP contribution in [0, 0.1) is 0 Å². The standard InChI is InChI=1S/C24H31ClN4O3/c1-4-13-29(14-5-2)20-9-6-8-19-23(20)28(3)24(27-19)26-18-12-11-17(25)16-21(18)32-15-7-10-22(30)31/h6,8-9,11-12,16H,4-5,7,10,13-15H2,1-3H3,(H,26,27)(H,30,31). The molecule has 1 aromatic heterocycles. The Morgan fingerprint density at radius 3 is 2.66 bits per heavy atom. The zero-order valence-electron chi connectivity index (χ0n) is 18.9. The maximum absolute atomic E-state index is 10.7. The lowest BCUT2D eigenvalue weighted by molar-refractivity contribution is -0.137. The molecular weight excluding hydrogens is 428 g/mol. The molecule has 1 heterocycles. The summed E-state index contributed by atoms with van der Waals surface area (Å²) < 4.78 is 7.89. The molecule has 32 heavy (non-hydrogen) atoms. The van der Waals surface area contributed by atoms with Gasteiger partial charge in [-0.2, -0.15) is 0 Å². The van der Waals surface area contributed by atoms with Gasteiger partial charge in [0, 0.05) is 37.6 Å². The van der Waals surface area contributed by atoms with Gasteiger partial charge in [-0.1, -0.05) is 31.5 Å². The number of nitrogens with one attached hydrogen (secondary N) is 1. The number of anilines is 3. The minimum Gasteiger partial charge on any atom is -0.491 e. The SMILES string of the molecule is CCCN(CCC)c1cccc2nc(Nc3ccc(Cl)cc3OCCCC(=O)O)n(C)c12. The Morgan fingerprint density at radius 2 is 1.97 bits per heavy atom. The molecule has 0 radical (unpaired) electrons. The van der Waals surface area contributed by atoms with Crippen LogP contribution in [0.4, 0.5) is 17.3 Å². The van der Waals surface area contributed by atoms with Gasteiger partial charge in [-0.05, 0) is 43.5 Å². The number of aromatic nitrogens is 2. The summed E-state index contributed by atoms with van der Waals surface area (Å²) in [5.41, 5.74) is 3.90. The maximum Gasteiger partial charge on any atom is 0.303 e. The van der Waals surface area contributed by atoms with Crippen LogP contribution in [0.15, 0.2) is 36.4 Å². The van der Waals surface area contributed by atoms with Gasteiger partial charge >= 0.3 is 5.97 Å². The third kappa shape index (κ3) is 5.65. The number of aliphatic carboxylic acids is 1. The van der Waals surface area contributed by atoms with Crippen LogP contribution in [0.5, 0.6) is 5.75 Å². The summed E-state index contributed by atoms with van der Waals surface area (Å²) in [4.78, 5) is 18.0. The van der Waals surface area contributed by atoms with Crippen molar-refractivity contribution in [1.29, 1.82) is 0 Å². The van der Waals surface area contributed by atoms with Crippen molar-refractivity contribution in [2.45, 2.75) is 39.5 Å². The molecule has 0 unspecified atom stereocenters. The summed E-state index contributed by atoms with van der Waals surface area (Å²) >= 11 is 6.17. The van der Waals surface area contributed by atoms with E-state index >= 15 is 0 Å². The Balaban J connectivity index is 1.90. The van der Waals surface area contributed by atoms with Crippen molar-refractivity contribution in [2.75, 3.05) is 29.9 Å². The molecule has 2 aromatic carbocycles. The molecule has 0 aliphatic heterocycles. The summed E-state index contributed by atoms with van der Waals surface area (Å²) in [6.07, 6.45) is 2.63. The van der Waals surface area contributed by atoms with Gasteiger partial charge in [0.05, 0.1) is 29.0 Å². The molecule has 0 spiro atoms. The number of nitrogens with zero attached hydrogens (tertiary/aromatic N) is 3. The van der Waals surface area contributed by atoms with Crippen LogP contribution in [0.3, 0.4) is 0 Å². The van der Waals surface area contributed by atoms with Crippen LogP contribution in [-0.4, -0.2) is 40.3 Å². The molecule has 7 nitrogen and oxygen atoms in total. The quantitative estimate of drug-likeness (QED) is 0.332. The van der Waals surface area contributed by atoms with Crippen LogP contribution >= 0.6 is 11.6 Å². The second-order valence-corrected chi connectivity index (χ2v) is 8.17. The van der Waals surface area contributed by atoms with E-state index in [1.54, 1.807) is 12.1 Å². The van der Waals surface area contributed by atoms with Gasteiger partial charge in [0.25, 0.3) is 0 Å². The zero-order chi connectivity index (χ0) is 23.1. The molecular formula is C24H31ClN4O3. The van der Waals surface area contributed by atoms with Gasteiger partial charge in [0.15, 0.2) is 0 Å². The Kier molecular flexibility index (Phi) is 8.22. The van der Waals surface area contributed by atoms with E-state index in [1.165, 1.54) is 5.69 Å². The third-order valence-corrected chi connectivity index (χ3v) is 5.42. The number of carbonyl (C=O) groups is 1. The van der Waals surface area contributed by atoms with E-state index in [4.69, 9.17) is 26.4 Å². The Labute approximate surface area is 194 Å². The molecule has 0 atom stereocenters. The van der Waals surface area contributed by atoms with E-state index < -0.39 is 5.97 Å². The molecule has 3 rings (SSSR count). The Hall–Kier alpha value is -2.93. The summed E-state index contributed by atoms with van der Waals surface area (Å²) in [6, 6.07) is 11.6. The largest absolute Gasteiger partial charge is 0.491 e. The summed E-state index contributed by atoms with van der Waals surface area (Å²) in [6.45, 7) is 6.66. The fourth-order valence-corrected chi connectivity index (χ4v) is 3.91. The number of imidazole rings is 1. The van der Waals surface area contributed by atoms with E-state index in [0.717, 1.165) is 42.7 Å². The average Bonchev–Trinajstić information content (AvgIpc) is 3.08. The first-order valence-electron chi connectivity index (χ1n) is 11.1. The number of benzene rings is 2. The van der Waals surface area contributed by atoms with Crippen molar-refractivity contribution in [3.8, 4) is 5.75 Å². The fourth-order valence-electron chi connectivity index (χ4n) is 3.75. The molecule has 3 aromatic rings. The van der Waals surface area contributed by atoms with Crippen LogP contribution in [0.1, 0.15) is 39.5 Å². The zero-order valence-corrected chi connectivity index (χ0v) is 19.7. The van der Waals surface area contributed by atoms with E-state index in [1.807, 2.05) is 25.2 Å². The van der Waals surface area contributed by atoms with Crippen LogP contribution in [0.25, 0.3) is 11.0 Å². The van der Waals surface area contributed by atoms with Crippen molar-refractivity contribution in [3.05, 3.63) is 41.4 Å². The highest BCUT2D eigenvalue weighted by Crippen LogP contribution is 2.34. The number of aryl methyl sites for hydroxylation is 1. The maximum atomic E-state index is 10.7. The van der Waals surface area contributed by atoms with Crippen LogP contribution in [-0.2, 0) is 11.8 Å². The van der Waals surface area contributed by atoms with Gasteiger partial charge in [0.2, 0.25) is 5.95 Å². The second-order valence-electron chi connectivity index (χ2n) is 7.74. The highest BCUT2D eigenvalue weighted by molar-refractivity contribution is 6.30. The molecule has 0 saturated heterocycles. The minimum absolute atomic E-state index is 0.0584. The van der Waals surface area contributed by atoms with E-state index in [9.17, 15) is 4.79 Å². The average molecular weight is 459 g/mol. The molecule has 0 bridgehead atoms. The number of hydrogen-bond acceptors (Lipinski definition) is 5. The fraction of sp³-hybridized carbons (Fsp3) is 0.417. The molecule has 172 valence electrons. The lowest BCUT2D eigenvalue weighted by Crippen LogP contribution is -2.25. The molecule has 0 amide bonds. The minimum atomic E-state index is -0.839. The molecule has 0 fully saturated rings.